The third-order valence-corrected chi connectivity index (χ3v) is 4.95. The largest absolute Gasteiger partial charge is 0.481 e. The summed E-state index contributed by atoms with van der Waals surface area (Å²) in [5.74, 6) is 0.361. The fraction of sp³-hybridized carbons (Fsp3) is 0.524. The van der Waals surface area contributed by atoms with Crippen LogP contribution in [0.1, 0.15) is 47.5 Å². The average molecular weight is 373 g/mol. The molecule has 0 radical (unpaired) electrons. The Morgan fingerprint density at radius 1 is 1.19 bits per heavy atom. The number of ether oxygens (including phenoxy) is 1. The summed E-state index contributed by atoms with van der Waals surface area (Å²) in [6, 6.07) is 8.41. The normalized spacial score (nSPS) is 20.2. The van der Waals surface area contributed by atoms with E-state index in [1.807, 2.05) is 0 Å². The summed E-state index contributed by atoms with van der Waals surface area (Å²) < 4.78 is 11.0. The standard InChI is InChI=1S/C21H28N2O4/c1-13(19(25)22-15-11-20(2,3)23-21(4,5)12-15)26-16-8-6-14-7-9-18(24)27-17(14)10-16/h6-10,13,15,23H,11-12H2,1-5H3,(H,22,25)/p+1/t13-/m0/s1. The molecule has 6 heteroatoms. The van der Waals surface area contributed by atoms with Crippen molar-refractivity contribution >= 4 is 16.9 Å². The topological polar surface area (TPSA) is 85.1 Å². The van der Waals surface area contributed by atoms with Crippen molar-refractivity contribution in [1.29, 1.82) is 0 Å². The van der Waals surface area contributed by atoms with Crippen LogP contribution in [0.4, 0.5) is 0 Å². The second-order valence-electron chi connectivity index (χ2n) is 8.95. The Bertz CT molecular complexity index is 884. The number of hydrogen-bond donors (Lipinski definition) is 2. The third kappa shape index (κ3) is 4.89. The van der Waals surface area contributed by atoms with Crippen LogP contribution in [0, 0.1) is 0 Å². The van der Waals surface area contributed by atoms with E-state index in [1.54, 1.807) is 31.2 Å². The molecule has 6 nitrogen and oxygen atoms in total. The highest BCUT2D eigenvalue weighted by Gasteiger charge is 2.42. The molecule has 1 aromatic carbocycles. The van der Waals surface area contributed by atoms with E-state index < -0.39 is 11.7 Å². The number of amides is 1. The molecule has 1 amide bonds. The maximum atomic E-state index is 12.6. The molecule has 1 aliphatic rings. The van der Waals surface area contributed by atoms with Crippen molar-refractivity contribution in [2.24, 2.45) is 0 Å². The van der Waals surface area contributed by atoms with Gasteiger partial charge in [-0.15, -0.1) is 0 Å². The number of carbonyl (C=O) groups excluding carboxylic acids is 1. The number of benzene rings is 1. The van der Waals surface area contributed by atoms with Gasteiger partial charge in [-0.3, -0.25) is 4.79 Å². The van der Waals surface area contributed by atoms with Gasteiger partial charge in [-0.2, -0.15) is 0 Å². The number of carbonyl (C=O) groups is 1. The van der Waals surface area contributed by atoms with E-state index >= 15 is 0 Å². The van der Waals surface area contributed by atoms with E-state index in [-0.39, 0.29) is 23.0 Å². The van der Waals surface area contributed by atoms with Crippen LogP contribution in [-0.4, -0.2) is 29.1 Å². The van der Waals surface area contributed by atoms with Gasteiger partial charge in [0.1, 0.15) is 11.3 Å². The van der Waals surface area contributed by atoms with E-state index in [2.05, 4.69) is 38.3 Å². The maximum absolute atomic E-state index is 12.6. The number of piperidine rings is 1. The van der Waals surface area contributed by atoms with Crippen molar-refractivity contribution in [3.8, 4) is 5.75 Å². The molecule has 0 aliphatic carbocycles. The van der Waals surface area contributed by atoms with E-state index in [0.717, 1.165) is 18.2 Å². The van der Waals surface area contributed by atoms with Crippen molar-refractivity contribution in [2.75, 3.05) is 0 Å². The second kappa shape index (κ2) is 7.00. The average Bonchev–Trinajstić information content (AvgIpc) is 2.51. The summed E-state index contributed by atoms with van der Waals surface area (Å²) in [5, 5.41) is 6.33. The minimum atomic E-state index is -0.644. The summed E-state index contributed by atoms with van der Waals surface area (Å²) in [6.45, 7) is 10.5. The van der Waals surface area contributed by atoms with Crippen LogP contribution in [-0.2, 0) is 4.79 Å². The molecular weight excluding hydrogens is 344 g/mol. The van der Waals surface area contributed by atoms with E-state index in [9.17, 15) is 9.59 Å². The van der Waals surface area contributed by atoms with Gasteiger partial charge in [0.2, 0.25) is 0 Å². The van der Waals surface area contributed by atoms with Crippen molar-refractivity contribution in [2.45, 2.75) is 70.7 Å². The molecular formula is C21H29N2O4+. The molecule has 1 aliphatic heterocycles. The molecule has 1 saturated heterocycles. The van der Waals surface area contributed by atoms with Crippen LogP contribution in [0.5, 0.6) is 5.75 Å². The fourth-order valence-electron chi connectivity index (χ4n) is 4.31. The zero-order chi connectivity index (χ0) is 19.8. The monoisotopic (exact) mass is 373 g/mol. The molecule has 2 heterocycles. The first-order valence-electron chi connectivity index (χ1n) is 9.41. The predicted octanol–water partition coefficient (Wildman–Crippen LogP) is 1.96. The van der Waals surface area contributed by atoms with E-state index in [4.69, 9.17) is 9.15 Å². The molecule has 27 heavy (non-hydrogen) atoms. The first-order chi connectivity index (χ1) is 12.5. The summed E-state index contributed by atoms with van der Waals surface area (Å²) in [5.41, 5.74) is 0.197. The Hall–Kier alpha value is -2.34. The van der Waals surface area contributed by atoms with Gasteiger partial charge in [0.25, 0.3) is 5.91 Å². The molecule has 0 unspecified atom stereocenters. The Morgan fingerprint density at radius 3 is 2.48 bits per heavy atom. The SMILES string of the molecule is C[C@H](Oc1ccc2ccc(=O)oc2c1)C(=O)NC1CC(C)(C)[NH2+]C(C)(C)C1. The molecule has 3 N–H and O–H groups in total. The van der Waals surface area contributed by atoms with Crippen molar-refractivity contribution in [3.63, 3.8) is 0 Å². The van der Waals surface area contributed by atoms with Crippen LogP contribution in [0.15, 0.2) is 39.5 Å². The Labute approximate surface area is 159 Å². The molecule has 0 saturated carbocycles. The van der Waals surface area contributed by atoms with Gasteiger partial charge in [0.05, 0.1) is 11.1 Å². The first-order valence-corrected chi connectivity index (χ1v) is 9.41. The second-order valence-corrected chi connectivity index (χ2v) is 8.95. The Morgan fingerprint density at radius 2 is 1.81 bits per heavy atom. The van der Waals surface area contributed by atoms with E-state index in [1.165, 1.54) is 6.07 Å². The minimum absolute atomic E-state index is 0.0830. The smallest absolute Gasteiger partial charge is 0.336 e. The number of fused-ring (bicyclic) bond motifs is 1. The van der Waals surface area contributed by atoms with Crippen molar-refractivity contribution < 1.29 is 19.3 Å². The highest BCUT2D eigenvalue weighted by atomic mass is 16.5. The van der Waals surface area contributed by atoms with Crippen LogP contribution in [0.3, 0.4) is 0 Å². The first kappa shape index (κ1) is 19.4. The van der Waals surface area contributed by atoms with Crippen LogP contribution in [0.2, 0.25) is 0 Å². The number of nitrogens with two attached hydrogens (primary N) is 1. The van der Waals surface area contributed by atoms with Gasteiger partial charge in [-0.05, 0) is 52.8 Å². The fourth-order valence-corrected chi connectivity index (χ4v) is 4.31. The van der Waals surface area contributed by atoms with Gasteiger partial charge in [0, 0.05) is 36.4 Å². The molecule has 1 atom stereocenters. The van der Waals surface area contributed by atoms with Gasteiger partial charge in [-0.1, -0.05) is 0 Å². The van der Waals surface area contributed by atoms with Gasteiger partial charge in [0.15, 0.2) is 6.10 Å². The lowest BCUT2D eigenvalue weighted by atomic mass is 9.79. The number of nitrogens with one attached hydrogen (secondary N) is 1. The Balaban J connectivity index is 1.66. The van der Waals surface area contributed by atoms with Gasteiger partial charge < -0.3 is 19.8 Å². The minimum Gasteiger partial charge on any atom is -0.481 e. The highest BCUT2D eigenvalue weighted by molar-refractivity contribution is 5.81. The zero-order valence-electron chi connectivity index (χ0n) is 16.7. The lowest BCUT2D eigenvalue weighted by Crippen LogP contribution is -3.06. The van der Waals surface area contributed by atoms with Gasteiger partial charge in [-0.25, -0.2) is 4.79 Å². The molecule has 1 fully saturated rings. The van der Waals surface area contributed by atoms with Crippen LogP contribution >= 0.6 is 0 Å². The summed E-state index contributed by atoms with van der Waals surface area (Å²) in [4.78, 5) is 24.0. The molecule has 0 spiro atoms. The molecule has 146 valence electrons. The number of quaternary nitrogens is 1. The predicted molar refractivity (Wildman–Crippen MR) is 104 cm³/mol. The number of rotatable bonds is 4. The number of hydrogen-bond acceptors (Lipinski definition) is 4. The van der Waals surface area contributed by atoms with Crippen LogP contribution in [0.25, 0.3) is 11.0 Å². The molecule has 1 aromatic heterocycles. The van der Waals surface area contributed by atoms with E-state index in [0.29, 0.717) is 11.3 Å². The maximum Gasteiger partial charge on any atom is 0.336 e. The highest BCUT2D eigenvalue weighted by Crippen LogP contribution is 2.23. The van der Waals surface area contributed by atoms with Crippen molar-refractivity contribution in [3.05, 3.63) is 40.8 Å². The third-order valence-electron chi connectivity index (χ3n) is 4.95. The lowest BCUT2D eigenvalue weighted by Gasteiger charge is -2.43. The zero-order valence-corrected chi connectivity index (χ0v) is 16.7. The molecule has 2 aromatic rings. The summed E-state index contributed by atoms with van der Waals surface area (Å²) in [7, 11) is 0. The van der Waals surface area contributed by atoms with Crippen LogP contribution < -0.4 is 21.0 Å². The summed E-state index contributed by atoms with van der Waals surface area (Å²) >= 11 is 0. The van der Waals surface area contributed by atoms with Crippen molar-refractivity contribution in [1.82, 2.24) is 5.32 Å². The lowest BCUT2D eigenvalue weighted by molar-refractivity contribution is -0.787. The summed E-state index contributed by atoms with van der Waals surface area (Å²) in [6.07, 6.45) is 1.18. The molecule has 3 rings (SSSR count). The quantitative estimate of drug-likeness (QED) is 0.803. The molecule has 0 bridgehead atoms. The van der Waals surface area contributed by atoms with Gasteiger partial charge >= 0.3 is 5.63 Å². The Kier molecular flexibility index (Phi) is 5.04.